The van der Waals surface area contributed by atoms with Gasteiger partial charge in [0.05, 0.1) is 6.10 Å². The topological polar surface area (TPSA) is 21.3 Å². The first kappa shape index (κ1) is 15.3. The Morgan fingerprint density at radius 2 is 1.79 bits per heavy atom. The number of hydrogen-bond donors (Lipinski definition) is 1. The number of ether oxygens (including phenoxy) is 1. The lowest BCUT2D eigenvalue weighted by atomic mass is 9.82. The van der Waals surface area contributed by atoms with E-state index in [1.54, 1.807) is 0 Å². The van der Waals surface area contributed by atoms with Crippen LogP contribution >= 0.6 is 0 Å². The summed E-state index contributed by atoms with van der Waals surface area (Å²) in [5, 5.41) is 3.72. The fraction of sp³-hybridized carbons (Fsp3) is 1.00. The van der Waals surface area contributed by atoms with Crippen LogP contribution in [0.25, 0.3) is 0 Å². The Morgan fingerprint density at radius 3 is 2.47 bits per heavy atom. The zero-order valence-electron chi connectivity index (χ0n) is 13.0. The number of hydrogen-bond acceptors (Lipinski definition) is 2. The molecule has 112 valence electrons. The molecule has 0 aromatic rings. The summed E-state index contributed by atoms with van der Waals surface area (Å²) in [7, 11) is 0. The molecule has 0 saturated heterocycles. The van der Waals surface area contributed by atoms with Crippen LogP contribution in [0.2, 0.25) is 0 Å². The predicted octanol–water partition coefficient (Wildman–Crippen LogP) is 4.14. The molecule has 2 fully saturated rings. The maximum Gasteiger partial charge on any atom is 0.0730 e. The van der Waals surface area contributed by atoms with E-state index in [0.29, 0.717) is 12.1 Å². The Hall–Kier alpha value is -0.0800. The molecule has 2 aliphatic carbocycles. The van der Waals surface area contributed by atoms with E-state index in [2.05, 4.69) is 19.2 Å². The van der Waals surface area contributed by atoms with E-state index in [1.807, 2.05) is 0 Å². The van der Waals surface area contributed by atoms with E-state index in [1.165, 1.54) is 57.8 Å². The number of nitrogens with one attached hydrogen (secondary N) is 1. The van der Waals surface area contributed by atoms with Crippen molar-refractivity contribution in [2.24, 2.45) is 11.8 Å². The van der Waals surface area contributed by atoms with Gasteiger partial charge in [-0.1, -0.05) is 33.1 Å². The van der Waals surface area contributed by atoms with Crippen LogP contribution in [0, 0.1) is 11.8 Å². The van der Waals surface area contributed by atoms with E-state index in [4.69, 9.17) is 4.74 Å². The van der Waals surface area contributed by atoms with Crippen molar-refractivity contribution in [3.05, 3.63) is 0 Å². The maximum atomic E-state index is 6.35. The van der Waals surface area contributed by atoms with E-state index < -0.39 is 0 Å². The molecule has 0 spiro atoms. The maximum absolute atomic E-state index is 6.35. The lowest BCUT2D eigenvalue weighted by Crippen LogP contribution is -2.46. The zero-order chi connectivity index (χ0) is 13.5. The Kier molecular flexibility index (Phi) is 6.66. The zero-order valence-corrected chi connectivity index (χ0v) is 13.0. The molecule has 3 atom stereocenters. The van der Waals surface area contributed by atoms with Gasteiger partial charge < -0.3 is 10.1 Å². The molecular formula is C17H33NO. The molecular weight excluding hydrogens is 234 g/mol. The first-order valence-corrected chi connectivity index (χ1v) is 8.68. The van der Waals surface area contributed by atoms with Crippen LogP contribution in [0.3, 0.4) is 0 Å². The van der Waals surface area contributed by atoms with Gasteiger partial charge in [-0.3, -0.25) is 0 Å². The molecule has 2 nitrogen and oxygen atoms in total. The van der Waals surface area contributed by atoms with Gasteiger partial charge in [-0.15, -0.1) is 0 Å². The molecule has 2 aliphatic rings. The van der Waals surface area contributed by atoms with Crippen molar-refractivity contribution in [2.45, 2.75) is 83.8 Å². The van der Waals surface area contributed by atoms with Crippen LogP contribution in [-0.2, 0) is 4.74 Å². The second kappa shape index (κ2) is 8.26. The van der Waals surface area contributed by atoms with Crippen molar-refractivity contribution >= 4 is 0 Å². The van der Waals surface area contributed by atoms with Crippen LogP contribution in [-0.4, -0.2) is 25.3 Å². The molecule has 19 heavy (non-hydrogen) atoms. The minimum atomic E-state index is 0.478. The van der Waals surface area contributed by atoms with Crippen LogP contribution in [0.5, 0.6) is 0 Å². The summed E-state index contributed by atoms with van der Waals surface area (Å²) in [6, 6.07) is 0.615. The molecule has 0 aliphatic heterocycles. The Labute approximate surface area is 119 Å². The summed E-state index contributed by atoms with van der Waals surface area (Å²) in [5.41, 5.74) is 0. The fourth-order valence-electron chi connectivity index (χ4n) is 3.77. The lowest BCUT2D eigenvalue weighted by Gasteiger charge is -2.37. The summed E-state index contributed by atoms with van der Waals surface area (Å²) in [5.74, 6) is 1.75. The largest absolute Gasteiger partial charge is 0.376 e. The molecule has 0 amide bonds. The average molecular weight is 267 g/mol. The summed E-state index contributed by atoms with van der Waals surface area (Å²) >= 11 is 0. The normalized spacial score (nSPS) is 32.8. The van der Waals surface area contributed by atoms with Gasteiger partial charge in [-0.2, -0.15) is 0 Å². The minimum Gasteiger partial charge on any atom is -0.376 e. The van der Waals surface area contributed by atoms with Gasteiger partial charge in [0.2, 0.25) is 0 Å². The third kappa shape index (κ3) is 4.75. The monoisotopic (exact) mass is 267 g/mol. The highest BCUT2D eigenvalue weighted by Gasteiger charge is 2.30. The Balaban J connectivity index is 1.79. The van der Waals surface area contributed by atoms with E-state index in [-0.39, 0.29) is 0 Å². The summed E-state index contributed by atoms with van der Waals surface area (Å²) in [4.78, 5) is 0. The second-order valence-electron chi connectivity index (χ2n) is 6.67. The summed E-state index contributed by atoms with van der Waals surface area (Å²) < 4.78 is 6.35. The molecule has 2 heteroatoms. The summed E-state index contributed by atoms with van der Waals surface area (Å²) in [6.45, 7) is 6.74. The SMILES string of the molecule is CCCNC1CCC(CC)CC1OCC1CCCC1. The molecule has 0 radical (unpaired) electrons. The molecule has 0 heterocycles. The standard InChI is InChI=1S/C17H33NO/c1-3-11-18-16-10-9-14(4-2)12-17(16)19-13-15-7-5-6-8-15/h14-18H,3-13H2,1-2H3. The average Bonchev–Trinajstić information content (AvgIpc) is 2.96. The molecule has 1 N–H and O–H groups in total. The lowest BCUT2D eigenvalue weighted by molar-refractivity contribution is -0.0251. The first-order valence-electron chi connectivity index (χ1n) is 8.68. The third-order valence-corrected chi connectivity index (χ3v) is 5.15. The van der Waals surface area contributed by atoms with Gasteiger partial charge in [-0.05, 0) is 56.9 Å². The molecule has 2 rings (SSSR count). The van der Waals surface area contributed by atoms with E-state index >= 15 is 0 Å². The highest BCUT2D eigenvalue weighted by atomic mass is 16.5. The van der Waals surface area contributed by atoms with Crippen LogP contribution in [0.1, 0.15) is 71.6 Å². The quantitative estimate of drug-likeness (QED) is 0.748. The fourth-order valence-corrected chi connectivity index (χ4v) is 3.77. The Morgan fingerprint density at radius 1 is 1.00 bits per heavy atom. The van der Waals surface area contributed by atoms with Gasteiger partial charge >= 0.3 is 0 Å². The highest BCUT2D eigenvalue weighted by molar-refractivity contribution is 4.86. The number of rotatable bonds is 7. The van der Waals surface area contributed by atoms with Crippen molar-refractivity contribution < 1.29 is 4.74 Å². The van der Waals surface area contributed by atoms with Crippen molar-refractivity contribution in [3.8, 4) is 0 Å². The molecule has 0 aromatic heterocycles. The highest BCUT2D eigenvalue weighted by Crippen LogP contribution is 2.31. The van der Waals surface area contributed by atoms with Gasteiger partial charge in [0.15, 0.2) is 0 Å². The predicted molar refractivity (Wildman–Crippen MR) is 81.4 cm³/mol. The van der Waals surface area contributed by atoms with Gasteiger partial charge in [0, 0.05) is 12.6 Å². The minimum absolute atomic E-state index is 0.478. The van der Waals surface area contributed by atoms with Crippen LogP contribution in [0.4, 0.5) is 0 Å². The van der Waals surface area contributed by atoms with Crippen LogP contribution < -0.4 is 5.32 Å². The first-order chi connectivity index (χ1) is 9.33. The van der Waals surface area contributed by atoms with Crippen molar-refractivity contribution in [3.63, 3.8) is 0 Å². The van der Waals surface area contributed by atoms with Crippen LogP contribution in [0.15, 0.2) is 0 Å². The molecule has 2 saturated carbocycles. The second-order valence-corrected chi connectivity index (χ2v) is 6.67. The van der Waals surface area contributed by atoms with Gasteiger partial charge in [-0.25, -0.2) is 0 Å². The van der Waals surface area contributed by atoms with Crippen molar-refractivity contribution in [1.29, 1.82) is 0 Å². The van der Waals surface area contributed by atoms with Gasteiger partial charge in [0.1, 0.15) is 0 Å². The van der Waals surface area contributed by atoms with Crippen molar-refractivity contribution in [1.82, 2.24) is 5.32 Å². The molecule has 3 unspecified atom stereocenters. The van der Waals surface area contributed by atoms with E-state index in [9.17, 15) is 0 Å². The van der Waals surface area contributed by atoms with Crippen molar-refractivity contribution in [2.75, 3.05) is 13.2 Å². The van der Waals surface area contributed by atoms with Gasteiger partial charge in [0.25, 0.3) is 0 Å². The smallest absolute Gasteiger partial charge is 0.0730 e. The third-order valence-electron chi connectivity index (χ3n) is 5.15. The van der Waals surface area contributed by atoms with E-state index in [0.717, 1.165) is 25.0 Å². The molecule has 0 aromatic carbocycles. The molecule has 0 bridgehead atoms. The summed E-state index contributed by atoms with van der Waals surface area (Å²) in [6.07, 6.45) is 12.7. The Bertz CT molecular complexity index is 237.